The molecule has 0 aliphatic carbocycles. The molecule has 1 fully saturated rings. The average molecular weight is 370 g/mol. The number of benzene rings is 1. The fourth-order valence-electron chi connectivity index (χ4n) is 2.72. The first-order valence-electron chi connectivity index (χ1n) is 7.58. The average Bonchev–Trinajstić information content (AvgIpc) is 2.51. The molecule has 1 saturated heterocycles. The lowest BCUT2D eigenvalue weighted by Gasteiger charge is -2.36. The van der Waals surface area contributed by atoms with E-state index in [0.717, 1.165) is 32.1 Å². The standard InChI is InChI=1S/C16H22N2O4S2/c1-4-5-8-17-9-11-18(12-10-17)15-7-6-14(23(2,19)20)13-16(15)24(3,21)22/h1,6-7,13H,5,8-12H2,2-3H3. The van der Waals surface area contributed by atoms with Crippen LogP contribution in [0.25, 0.3) is 0 Å². The summed E-state index contributed by atoms with van der Waals surface area (Å²) in [6.07, 6.45) is 8.14. The first-order valence-corrected chi connectivity index (χ1v) is 11.4. The highest BCUT2D eigenvalue weighted by molar-refractivity contribution is 7.91. The van der Waals surface area contributed by atoms with Gasteiger partial charge in [0.2, 0.25) is 0 Å². The zero-order valence-electron chi connectivity index (χ0n) is 13.9. The second-order valence-electron chi connectivity index (χ2n) is 5.96. The molecule has 0 radical (unpaired) electrons. The molecular weight excluding hydrogens is 348 g/mol. The van der Waals surface area contributed by atoms with Crippen LogP contribution in [0.5, 0.6) is 0 Å². The Kier molecular flexibility index (Phi) is 5.58. The number of piperazine rings is 1. The van der Waals surface area contributed by atoms with Gasteiger partial charge in [-0.25, -0.2) is 16.8 Å². The van der Waals surface area contributed by atoms with E-state index >= 15 is 0 Å². The van der Waals surface area contributed by atoms with Crippen LogP contribution in [0.2, 0.25) is 0 Å². The Morgan fingerprint density at radius 2 is 1.67 bits per heavy atom. The van der Waals surface area contributed by atoms with Gasteiger partial charge in [-0.2, -0.15) is 0 Å². The lowest BCUT2D eigenvalue weighted by Crippen LogP contribution is -2.47. The van der Waals surface area contributed by atoms with Crippen molar-refractivity contribution in [1.29, 1.82) is 0 Å². The number of sulfone groups is 2. The van der Waals surface area contributed by atoms with Crippen LogP contribution in [0.3, 0.4) is 0 Å². The zero-order chi connectivity index (χ0) is 18.0. The van der Waals surface area contributed by atoms with Crippen molar-refractivity contribution in [3.63, 3.8) is 0 Å². The molecular formula is C16H22N2O4S2. The molecule has 0 atom stereocenters. The number of anilines is 1. The summed E-state index contributed by atoms with van der Waals surface area (Å²) in [5, 5.41) is 0. The van der Waals surface area contributed by atoms with Gasteiger partial charge in [-0.1, -0.05) is 0 Å². The van der Waals surface area contributed by atoms with Gasteiger partial charge in [0.15, 0.2) is 19.7 Å². The van der Waals surface area contributed by atoms with Crippen molar-refractivity contribution in [2.24, 2.45) is 0 Å². The maximum atomic E-state index is 12.1. The van der Waals surface area contributed by atoms with E-state index in [9.17, 15) is 16.8 Å². The van der Waals surface area contributed by atoms with Crippen molar-refractivity contribution in [2.75, 3.05) is 50.1 Å². The summed E-state index contributed by atoms with van der Waals surface area (Å²) in [7, 11) is -7.00. The molecule has 6 nitrogen and oxygen atoms in total. The van der Waals surface area contributed by atoms with Crippen LogP contribution in [0.4, 0.5) is 5.69 Å². The van der Waals surface area contributed by atoms with Gasteiger partial charge in [0.05, 0.1) is 15.5 Å². The smallest absolute Gasteiger partial charge is 0.177 e. The van der Waals surface area contributed by atoms with Crippen LogP contribution in [0.1, 0.15) is 6.42 Å². The predicted molar refractivity (Wildman–Crippen MR) is 94.8 cm³/mol. The lowest BCUT2D eigenvalue weighted by molar-refractivity contribution is 0.263. The molecule has 0 aromatic heterocycles. The summed E-state index contributed by atoms with van der Waals surface area (Å²) >= 11 is 0. The third-order valence-corrected chi connectivity index (χ3v) is 6.28. The van der Waals surface area contributed by atoms with E-state index in [1.54, 1.807) is 6.07 Å². The fourth-order valence-corrected chi connectivity index (χ4v) is 4.36. The van der Waals surface area contributed by atoms with Gasteiger partial charge in [0, 0.05) is 51.7 Å². The van der Waals surface area contributed by atoms with Crippen molar-refractivity contribution >= 4 is 25.4 Å². The van der Waals surface area contributed by atoms with Crippen molar-refractivity contribution in [3.05, 3.63) is 18.2 Å². The molecule has 8 heteroatoms. The number of hydrogen-bond donors (Lipinski definition) is 0. The molecule has 0 saturated carbocycles. The van der Waals surface area contributed by atoms with Crippen LogP contribution < -0.4 is 4.90 Å². The van der Waals surface area contributed by atoms with Gasteiger partial charge < -0.3 is 4.90 Å². The highest BCUT2D eigenvalue weighted by atomic mass is 32.2. The van der Waals surface area contributed by atoms with E-state index in [1.807, 2.05) is 4.90 Å². The molecule has 1 aromatic rings. The Balaban J connectivity index is 2.30. The lowest BCUT2D eigenvalue weighted by atomic mass is 10.2. The topological polar surface area (TPSA) is 74.8 Å². The molecule has 24 heavy (non-hydrogen) atoms. The Hall–Kier alpha value is -1.56. The number of nitrogens with zero attached hydrogens (tertiary/aromatic N) is 2. The van der Waals surface area contributed by atoms with Crippen molar-refractivity contribution < 1.29 is 16.8 Å². The quantitative estimate of drug-likeness (QED) is 0.708. The SMILES string of the molecule is C#CCCN1CCN(c2ccc(S(C)(=O)=O)cc2S(C)(=O)=O)CC1. The molecule has 0 amide bonds. The van der Waals surface area contributed by atoms with Crippen molar-refractivity contribution in [3.8, 4) is 12.3 Å². The monoisotopic (exact) mass is 370 g/mol. The van der Waals surface area contributed by atoms with E-state index in [4.69, 9.17) is 6.42 Å². The fraction of sp³-hybridized carbons (Fsp3) is 0.500. The number of hydrogen-bond acceptors (Lipinski definition) is 6. The van der Waals surface area contributed by atoms with E-state index < -0.39 is 19.7 Å². The Bertz CT molecular complexity index is 847. The zero-order valence-corrected chi connectivity index (χ0v) is 15.5. The summed E-state index contributed by atoms with van der Waals surface area (Å²) < 4.78 is 47.7. The number of rotatable bonds is 5. The van der Waals surface area contributed by atoms with E-state index in [1.165, 1.54) is 12.1 Å². The molecule has 1 aliphatic heterocycles. The highest BCUT2D eigenvalue weighted by Crippen LogP contribution is 2.29. The molecule has 0 unspecified atom stereocenters. The molecule has 1 aliphatic rings. The van der Waals surface area contributed by atoms with Gasteiger partial charge in [0.25, 0.3) is 0 Å². The second kappa shape index (κ2) is 7.13. The Morgan fingerprint density at radius 3 is 2.17 bits per heavy atom. The van der Waals surface area contributed by atoms with Crippen LogP contribution in [0.15, 0.2) is 28.0 Å². The van der Waals surface area contributed by atoms with Crippen LogP contribution >= 0.6 is 0 Å². The molecule has 2 rings (SSSR count). The van der Waals surface area contributed by atoms with E-state index in [2.05, 4.69) is 10.8 Å². The van der Waals surface area contributed by atoms with Gasteiger partial charge in [-0.05, 0) is 18.2 Å². The summed E-state index contributed by atoms with van der Waals surface area (Å²) in [4.78, 5) is 4.29. The minimum absolute atomic E-state index is 0.0133. The molecule has 132 valence electrons. The van der Waals surface area contributed by atoms with Gasteiger partial charge in [-0.15, -0.1) is 12.3 Å². The summed E-state index contributed by atoms with van der Waals surface area (Å²) in [6.45, 7) is 3.75. The summed E-state index contributed by atoms with van der Waals surface area (Å²) in [5.41, 5.74) is 0.557. The maximum absolute atomic E-state index is 12.1. The van der Waals surface area contributed by atoms with Gasteiger partial charge in [-0.3, -0.25) is 4.90 Å². The largest absolute Gasteiger partial charge is 0.368 e. The van der Waals surface area contributed by atoms with Crippen LogP contribution in [-0.2, 0) is 19.7 Å². The van der Waals surface area contributed by atoms with Crippen molar-refractivity contribution in [1.82, 2.24) is 4.90 Å². The first kappa shape index (κ1) is 18.8. The highest BCUT2D eigenvalue weighted by Gasteiger charge is 2.24. The molecule has 1 heterocycles. The first-order chi connectivity index (χ1) is 11.1. The molecule has 1 aromatic carbocycles. The van der Waals surface area contributed by atoms with E-state index in [0.29, 0.717) is 25.2 Å². The minimum atomic E-state index is -3.54. The van der Waals surface area contributed by atoms with Gasteiger partial charge in [0.1, 0.15) is 0 Å². The second-order valence-corrected chi connectivity index (χ2v) is 9.96. The minimum Gasteiger partial charge on any atom is -0.368 e. The molecule has 0 bridgehead atoms. The Morgan fingerprint density at radius 1 is 1.04 bits per heavy atom. The third-order valence-electron chi connectivity index (χ3n) is 4.04. The van der Waals surface area contributed by atoms with E-state index in [-0.39, 0.29) is 9.79 Å². The van der Waals surface area contributed by atoms with Crippen LogP contribution in [0, 0.1) is 12.3 Å². The third kappa shape index (κ3) is 4.50. The summed E-state index contributed by atoms with van der Waals surface area (Å²) in [5.74, 6) is 2.62. The van der Waals surface area contributed by atoms with Gasteiger partial charge >= 0.3 is 0 Å². The van der Waals surface area contributed by atoms with Crippen LogP contribution in [-0.4, -0.2) is 67.0 Å². The predicted octanol–water partition coefficient (Wildman–Crippen LogP) is 0.639. The van der Waals surface area contributed by atoms with Crippen molar-refractivity contribution in [2.45, 2.75) is 16.2 Å². The molecule has 0 N–H and O–H groups in total. The molecule has 0 spiro atoms. The number of terminal acetylenes is 1. The normalized spacial score (nSPS) is 16.8. The maximum Gasteiger partial charge on any atom is 0.177 e. The summed E-state index contributed by atoms with van der Waals surface area (Å²) in [6, 6.07) is 4.30. The Labute approximate surface area is 144 Å².